The number of carbonyl (C=O) groups is 1. The summed E-state index contributed by atoms with van der Waals surface area (Å²) in [5, 5.41) is 9.29. The lowest BCUT2D eigenvalue weighted by atomic mass is 10.0. The number of anilines is 1. The monoisotopic (exact) mass is 273 g/mol. The molecular weight excluding hydrogens is 258 g/mol. The molecule has 2 aromatic rings. The topological polar surface area (TPSA) is 62.9 Å². The molecule has 1 aromatic heterocycles. The lowest BCUT2D eigenvalue weighted by molar-refractivity contribution is 0.0697. The van der Waals surface area contributed by atoms with E-state index in [-0.39, 0.29) is 5.56 Å². The number of aromatic carboxylic acids is 1. The molecule has 0 unspecified atom stereocenters. The van der Waals surface area contributed by atoms with Crippen molar-refractivity contribution in [1.82, 2.24) is 0 Å². The van der Waals surface area contributed by atoms with Gasteiger partial charge in [-0.15, -0.1) is 0 Å². The van der Waals surface area contributed by atoms with Crippen LogP contribution in [-0.2, 0) is 4.74 Å². The van der Waals surface area contributed by atoms with Crippen molar-refractivity contribution < 1.29 is 19.1 Å². The molecule has 104 valence electrons. The third-order valence-electron chi connectivity index (χ3n) is 3.40. The largest absolute Gasteiger partial charge is 0.478 e. The molecule has 0 aliphatic carbocycles. The van der Waals surface area contributed by atoms with Crippen LogP contribution in [0.2, 0.25) is 0 Å². The van der Waals surface area contributed by atoms with E-state index < -0.39 is 5.97 Å². The summed E-state index contributed by atoms with van der Waals surface area (Å²) in [6.45, 7) is 3.00. The van der Waals surface area contributed by atoms with Crippen LogP contribution in [0.3, 0.4) is 0 Å². The number of nitrogens with zero attached hydrogens (tertiary/aromatic N) is 1. The number of furan rings is 1. The lowest BCUT2D eigenvalue weighted by Gasteiger charge is -2.29. The first-order valence-corrected chi connectivity index (χ1v) is 6.49. The minimum Gasteiger partial charge on any atom is -0.478 e. The maximum atomic E-state index is 11.3. The summed E-state index contributed by atoms with van der Waals surface area (Å²) in [5.74, 6) is -0.387. The highest BCUT2D eigenvalue weighted by Gasteiger charge is 2.17. The van der Waals surface area contributed by atoms with Crippen LogP contribution in [-0.4, -0.2) is 37.4 Å². The van der Waals surface area contributed by atoms with Crippen LogP contribution in [0.15, 0.2) is 41.0 Å². The standard InChI is InChI=1S/C15H15NO4/c17-15(18)12-4-3-11(16-5-8-19-9-6-16)10-13(12)14-2-1-7-20-14/h1-4,7,10H,5-6,8-9H2,(H,17,18). The van der Waals surface area contributed by atoms with Crippen LogP contribution >= 0.6 is 0 Å². The van der Waals surface area contributed by atoms with Gasteiger partial charge in [0.2, 0.25) is 0 Å². The van der Waals surface area contributed by atoms with Gasteiger partial charge in [0.15, 0.2) is 0 Å². The Morgan fingerprint density at radius 3 is 2.65 bits per heavy atom. The normalized spacial score (nSPS) is 15.3. The molecular formula is C15H15NO4. The molecule has 1 N–H and O–H groups in total. The molecule has 1 saturated heterocycles. The van der Waals surface area contributed by atoms with Crippen molar-refractivity contribution >= 4 is 11.7 Å². The Bertz CT molecular complexity index is 600. The number of benzene rings is 1. The van der Waals surface area contributed by atoms with Crippen LogP contribution in [0.4, 0.5) is 5.69 Å². The fourth-order valence-corrected chi connectivity index (χ4v) is 2.37. The summed E-state index contributed by atoms with van der Waals surface area (Å²) in [6, 6.07) is 8.85. The van der Waals surface area contributed by atoms with Crippen LogP contribution in [0.25, 0.3) is 11.3 Å². The zero-order chi connectivity index (χ0) is 13.9. The van der Waals surface area contributed by atoms with E-state index in [9.17, 15) is 9.90 Å². The average Bonchev–Trinajstić information content (AvgIpc) is 3.01. The second kappa shape index (κ2) is 5.38. The van der Waals surface area contributed by atoms with Gasteiger partial charge in [-0.05, 0) is 30.3 Å². The van der Waals surface area contributed by atoms with Crippen molar-refractivity contribution in [1.29, 1.82) is 0 Å². The van der Waals surface area contributed by atoms with E-state index in [1.165, 1.54) is 0 Å². The van der Waals surface area contributed by atoms with E-state index in [1.807, 2.05) is 12.1 Å². The van der Waals surface area contributed by atoms with E-state index in [2.05, 4.69) is 4.90 Å². The van der Waals surface area contributed by atoms with Gasteiger partial charge in [0.1, 0.15) is 5.76 Å². The summed E-state index contributed by atoms with van der Waals surface area (Å²) in [7, 11) is 0. The van der Waals surface area contributed by atoms with Crippen molar-refractivity contribution in [2.24, 2.45) is 0 Å². The van der Waals surface area contributed by atoms with Crippen molar-refractivity contribution in [3.05, 3.63) is 42.2 Å². The number of hydrogen-bond acceptors (Lipinski definition) is 4. The van der Waals surface area contributed by atoms with Crippen LogP contribution < -0.4 is 4.90 Å². The molecule has 1 fully saturated rings. The van der Waals surface area contributed by atoms with Gasteiger partial charge in [0.25, 0.3) is 0 Å². The molecule has 0 saturated carbocycles. The quantitative estimate of drug-likeness (QED) is 0.930. The van der Waals surface area contributed by atoms with Crippen molar-refractivity contribution in [2.45, 2.75) is 0 Å². The predicted octanol–water partition coefficient (Wildman–Crippen LogP) is 2.48. The van der Waals surface area contributed by atoms with Gasteiger partial charge in [-0.25, -0.2) is 4.79 Å². The maximum Gasteiger partial charge on any atom is 0.336 e. The summed E-state index contributed by atoms with van der Waals surface area (Å²) >= 11 is 0. The van der Waals surface area contributed by atoms with Gasteiger partial charge in [-0.3, -0.25) is 0 Å². The fraction of sp³-hybridized carbons (Fsp3) is 0.267. The van der Waals surface area contributed by atoms with Gasteiger partial charge in [0, 0.05) is 24.3 Å². The van der Waals surface area contributed by atoms with E-state index in [4.69, 9.17) is 9.15 Å². The Kier molecular flexibility index (Phi) is 3.43. The fourth-order valence-electron chi connectivity index (χ4n) is 2.37. The molecule has 0 amide bonds. The van der Waals surface area contributed by atoms with Gasteiger partial charge in [-0.1, -0.05) is 0 Å². The summed E-state index contributed by atoms with van der Waals surface area (Å²) in [4.78, 5) is 13.5. The highest BCUT2D eigenvalue weighted by molar-refractivity contribution is 5.96. The molecule has 0 atom stereocenters. The first kappa shape index (κ1) is 12.7. The molecule has 0 radical (unpaired) electrons. The zero-order valence-corrected chi connectivity index (χ0v) is 10.9. The number of hydrogen-bond donors (Lipinski definition) is 1. The minimum absolute atomic E-state index is 0.247. The first-order chi connectivity index (χ1) is 9.75. The Hall–Kier alpha value is -2.27. The van der Waals surface area contributed by atoms with E-state index >= 15 is 0 Å². The molecule has 1 aliphatic rings. The van der Waals surface area contributed by atoms with Crippen LogP contribution in [0.5, 0.6) is 0 Å². The average molecular weight is 273 g/mol. The van der Waals surface area contributed by atoms with Gasteiger partial charge >= 0.3 is 5.97 Å². The third-order valence-corrected chi connectivity index (χ3v) is 3.40. The highest BCUT2D eigenvalue weighted by Crippen LogP contribution is 2.29. The molecule has 0 spiro atoms. The van der Waals surface area contributed by atoms with Crippen LogP contribution in [0.1, 0.15) is 10.4 Å². The summed E-state index contributed by atoms with van der Waals surface area (Å²) in [5.41, 5.74) is 1.84. The Morgan fingerprint density at radius 1 is 1.20 bits per heavy atom. The molecule has 3 rings (SSSR count). The lowest BCUT2D eigenvalue weighted by Crippen LogP contribution is -2.36. The van der Waals surface area contributed by atoms with Crippen molar-refractivity contribution in [3.63, 3.8) is 0 Å². The highest BCUT2D eigenvalue weighted by atomic mass is 16.5. The van der Waals surface area contributed by atoms with E-state index in [1.54, 1.807) is 24.5 Å². The minimum atomic E-state index is -0.954. The molecule has 2 heterocycles. The molecule has 1 aromatic carbocycles. The second-order valence-corrected chi connectivity index (χ2v) is 4.61. The number of carboxylic acids is 1. The Balaban J connectivity index is 2.02. The zero-order valence-electron chi connectivity index (χ0n) is 10.9. The molecule has 5 nitrogen and oxygen atoms in total. The smallest absolute Gasteiger partial charge is 0.336 e. The second-order valence-electron chi connectivity index (χ2n) is 4.61. The number of rotatable bonds is 3. The molecule has 0 bridgehead atoms. The SMILES string of the molecule is O=C(O)c1ccc(N2CCOCC2)cc1-c1ccco1. The number of morpholine rings is 1. The molecule has 20 heavy (non-hydrogen) atoms. The number of carboxylic acid groups (broad SMARTS) is 1. The summed E-state index contributed by atoms with van der Waals surface area (Å²) < 4.78 is 10.7. The Morgan fingerprint density at radius 2 is 2.00 bits per heavy atom. The van der Waals surface area contributed by atoms with E-state index in [0.29, 0.717) is 24.5 Å². The first-order valence-electron chi connectivity index (χ1n) is 6.49. The predicted molar refractivity (Wildman–Crippen MR) is 74.1 cm³/mol. The van der Waals surface area contributed by atoms with E-state index in [0.717, 1.165) is 18.8 Å². The molecule has 5 heteroatoms. The number of ether oxygens (including phenoxy) is 1. The van der Waals surface area contributed by atoms with Gasteiger partial charge < -0.3 is 19.2 Å². The third kappa shape index (κ3) is 2.40. The Labute approximate surface area is 116 Å². The van der Waals surface area contributed by atoms with Crippen LogP contribution in [0, 0.1) is 0 Å². The maximum absolute atomic E-state index is 11.3. The van der Waals surface area contributed by atoms with Crippen molar-refractivity contribution in [3.8, 4) is 11.3 Å². The van der Waals surface area contributed by atoms with Gasteiger partial charge in [0.05, 0.1) is 25.0 Å². The molecule has 1 aliphatic heterocycles. The van der Waals surface area contributed by atoms with Gasteiger partial charge in [-0.2, -0.15) is 0 Å². The van der Waals surface area contributed by atoms with Crippen molar-refractivity contribution in [2.75, 3.05) is 31.2 Å². The summed E-state index contributed by atoms with van der Waals surface area (Å²) in [6.07, 6.45) is 1.54.